The summed E-state index contributed by atoms with van der Waals surface area (Å²) in [5.41, 5.74) is 2.84. The first-order chi connectivity index (χ1) is 10.2. The molecule has 1 aromatic heterocycles. The second-order valence-electron chi connectivity index (χ2n) is 7.57. The highest BCUT2D eigenvalue weighted by molar-refractivity contribution is 6.74. The van der Waals surface area contributed by atoms with E-state index < -0.39 is 8.32 Å². The minimum absolute atomic E-state index is 0.146. The van der Waals surface area contributed by atoms with Gasteiger partial charge in [-0.05, 0) is 36.7 Å². The van der Waals surface area contributed by atoms with Crippen LogP contribution >= 0.6 is 0 Å². The lowest BCUT2D eigenvalue weighted by molar-refractivity contribution is 0.463. The van der Waals surface area contributed by atoms with Crippen molar-refractivity contribution in [3.05, 3.63) is 30.0 Å². The first-order valence-corrected chi connectivity index (χ1v) is 11.0. The molecule has 2 aromatic rings. The molecule has 0 saturated heterocycles. The molecule has 0 radical (unpaired) electrons. The summed E-state index contributed by atoms with van der Waals surface area (Å²) >= 11 is 0. The van der Waals surface area contributed by atoms with E-state index in [0.29, 0.717) is 5.92 Å². The Balaban J connectivity index is 2.55. The van der Waals surface area contributed by atoms with Crippen LogP contribution < -0.4 is 4.43 Å². The van der Waals surface area contributed by atoms with E-state index in [9.17, 15) is 0 Å². The summed E-state index contributed by atoms with van der Waals surface area (Å²) < 4.78 is 6.49. The molecule has 0 fully saturated rings. The van der Waals surface area contributed by atoms with E-state index in [4.69, 9.17) is 14.4 Å². The smallest absolute Gasteiger partial charge is 0.252 e. The zero-order chi connectivity index (χ0) is 16.5. The Morgan fingerprint density at radius 3 is 2.14 bits per heavy atom. The lowest BCUT2D eigenvalue weighted by Crippen LogP contribution is -2.44. The van der Waals surface area contributed by atoms with Gasteiger partial charge < -0.3 is 4.43 Å². The van der Waals surface area contributed by atoms with Crippen molar-refractivity contribution in [1.82, 2.24) is 9.97 Å². The molecular weight excluding hydrogens is 288 g/mol. The van der Waals surface area contributed by atoms with Crippen LogP contribution in [0.4, 0.5) is 0 Å². The number of nitrogens with zero attached hydrogens (tertiary/aromatic N) is 2. The third kappa shape index (κ3) is 3.32. The Bertz CT molecular complexity index is 662. The Labute approximate surface area is 135 Å². The quantitative estimate of drug-likeness (QED) is 0.696. The molecule has 0 spiro atoms. The summed E-state index contributed by atoms with van der Waals surface area (Å²) in [5.74, 6) is 1.08. The fourth-order valence-electron chi connectivity index (χ4n) is 1.98. The van der Waals surface area contributed by atoms with E-state index in [1.165, 1.54) is 0 Å². The normalized spacial score (nSPS) is 14.1. The fraction of sp³-hybridized carbons (Fsp3) is 0.556. The standard InChI is InChI=1S/C18H28N2OSi/c1-8-13(2)16-17(21-22(6,7)18(3,4)5)20-15-12-10-9-11-14(15)19-16/h9-13H,8H2,1-7H3. The maximum Gasteiger partial charge on any atom is 0.252 e. The number of para-hydroxylation sites is 2. The number of rotatable bonds is 4. The monoisotopic (exact) mass is 316 g/mol. The molecule has 0 aliphatic rings. The fourth-order valence-corrected chi connectivity index (χ4v) is 2.92. The van der Waals surface area contributed by atoms with Gasteiger partial charge in [-0.3, -0.25) is 0 Å². The lowest BCUT2D eigenvalue weighted by atomic mass is 10.1. The Hall–Kier alpha value is -1.42. The molecule has 120 valence electrons. The van der Waals surface area contributed by atoms with Gasteiger partial charge in [0.25, 0.3) is 8.32 Å². The Kier molecular flexibility index (Phi) is 4.61. The third-order valence-electron chi connectivity index (χ3n) is 4.80. The molecule has 0 amide bonds. The summed E-state index contributed by atoms with van der Waals surface area (Å²) in [7, 11) is -1.93. The molecule has 0 N–H and O–H groups in total. The maximum atomic E-state index is 6.49. The summed E-state index contributed by atoms with van der Waals surface area (Å²) in [5, 5.41) is 0.146. The minimum atomic E-state index is -1.93. The molecule has 22 heavy (non-hydrogen) atoms. The number of fused-ring (bicyclic) bond motifs is 1. The lowest BCUT2D eigenvalue weighted by Gasteiger charge is -2.36. The van der Waals surface area contributed by atoms with Crippen LogP contribution in [0.5, 0.6) is 5.88 Å². The highest BCUT2D eigenvalue weighted by atomic mass is 28.4. The van der Waals surface area contributed by atoms with Crippen LogP contribution in [0, 0.1) is 0 Å². The summed E-state index contributed by atoms with van der Waals surface area (Å²) in [6.07, 6.45) is 1.03. The van der Waals surface area contributed by atoms with Crippen molar-refractivity contribution < 1.29 is 4.43 Å². The van der Waals surface area contributed by atoms with Crippen molar-refractivity contribution in [2.75, 3.05) is 0 Å². The Morgan fingerprint density at radius 1 is 1.09 bits per heavy atom. The van der Waals surface area contributed by atoms with Gasteiger partial charge >= 0.3 is 0 Å². The predicted octanol–water partition coefficient (Wildman–Crippen LogP) is 5.53. The Morgan fingerprint density at radius 2 is 1.64 bits per heavy atom. The average Bonchev–Trinajstić information content (AvgIpc) is 2.44. The van der Waals surface area contributed by atoms with E-state index in [1.807, 2.05) is 24.3 Å². The zero-order valence-electron chi connectivity index (χ0n) is 14.9. The molecule has 4 heteroatoms. The van der Waals surface area contributed by atoms with E-state index in [1.54, 1.807) is 0 Å². The van der Waals surface area contributed by atoms with Gasteiger partial charge in [0.15, 0.2) is 0 Å². The number of benzene rings is 1. The van der Waals surface area contributed by atoms with Gasteiger partial charge in [0, 0.05) is 5.92 Å². The topological polar surface area (TPSA) is 35.0 Å². The number of hydrogen-bond donors (Lipinski definition) is 0. The van der Waals surface area contributed by atoms with Gasteiger partial charge in [-0.1, -0.05) is 46.8 Å². The third-order valence-corrected chi connectivity index (χ3v) is 9.12. The van der Waals surface area contributed by atoms with Crippen LogP contribution in [0.3, 0.4) is 0 Å². The van der Waals surface area contributed by atoms with Gasteiger partial charge in [-0.15, -0.1) is 0 Å². The highest BCUT2D eigenvalue weighted by Gasteiger charge is 2.40. The van der Waals surface area contributed by atoms with Crippen LogP contribution in [0.15, 0.2) is 24.3 Å². The van der Waals surface area contributed by atoms with Crippen molar-refractivity contribution in [3.63, 3.8) is 0 Å². The molecule has 2 rings (SSSR count). The van der Waals surface area contributed by atoms with Crippen molar-refractivity contribution in [3.8, 4) is 5.88 Å². The van der Waals surface area contributed by atoms with Crippen molar-refractivity contribution in [2.24, 2.45) is 0 Å². The summed E-state index contributed by atoms with van der Waals surface area (Å²) in [4.78, 5) is 9.64. The van der Waals surface area contributed by atoms with Crippen LogP contribution in [-0.4, -0.2) is 18.3 Å². The molecular formula is C18H28N2OSi. The summed E-state index contributed by atoms with van der Waals surface area (Å²) in [6.45, 7) is 15.6. The van der Waals surface area contributed by atoms with E-state index in [2.05, 4.69) is 47.7 Å². The van der Waals surface area contributed by atoms with Crippen molar-refractivity contribution in [1.29, 1.82) is 0 Å². The van der Waals surface area contributed by atoms with Crippen LogP contribution in [0.2, 0.25) is 18.1 Å². The largest absolute Gasteiger partial charge is 0.529 e. The van der Waals surface area contributed by atoms with Crippen LogP contribution in [0.1, 0.15) is 52.7 Å². The average molecular weight is 317 g/mol. The molecule has 1 unspecified atom stereocenters. The maximum absolute atomic E-state index is 6.49. The molecule has 1 atom stereocenters. The molecule has 3 nitrogen and oxygen atoms in total. The van der Waals surface area contributed by atoms with E-state index >= 15 is 0 Å². The summed E-state index contributed by atoms with van der Waals surface area (Å²) in [6, 6.07) is 8.02. The highest BCUT2D eigenvalue weighted by Crippen LogP contribution is 2.39. The van der Waals surface area contributed by atoms with E-state index in [-0.39, 0.29) is 5.04 Å². The molecule has 1 heterocycles. The molecule has 0 bridgehead atoms. The van der Waals surface area contributed by atoms with E-state index in [0.717, 1.165) is 29.0 Å². The second-order valence-corrected chi connectivity index (χ2v) is 12.3. The predicted molar refractivity (Wildman–Crippen MR) is 96.1 cm³/mol. The second kappa shape index (κ2) is 5.99. The van der Waals surface area contributed by atoms with Crippen LogP contribution in [0.25, 0.3) is 11.0 Å². The van der Waals surface area contributed by atoms with Gasteiger partial charge in [-0.25, -0.2) is 9.97 Å². The van der Waals surface area contributed by atoms with Crippen molar-refractivity contribution >= 4 is 19.4 Å². The SMILES string of the molecule is CCC(C)c1nc2ccccc2nc1O[Si](C)(C)C(C)(C)C. The van der Waals surface area contributed by atoms with Gasteiger partial charge in [0.1, 0.15) is 5.69 Å². The van der Waals surface area contributed by atoms with Gasteiger partial charge in [0.05, 0.1) is 11.0 Å². The number of aromatic nitrogens is 2. The van der Waals surface area contributed by atoms with Crippen LogP contribution in [-0.2, 0) is 0 Å². The molecule has 1 aromatic carbocycles. The van der Waals surface area contributed by atoms with Gasteiger partial charge in [0.2, 0.25) is 5.88 Å². The zero-order valence-corrected chi connectivity index (χ0v) is 15.9. The molecule has 0 aliphatic heterocycles. The first kappa shape index (κ1) is 16.9. The number of hydrogen-bond acceptors (Lipinski definition) is 3. The first-order valence-electron chi connectivity index (χ1n) is 8.11. The molecule has 0 saturated carbocycles. The molecule has 0 aliphatic carbocycles. The van der Waals surface area contributed by atoms with Crippen molar-refractivity contribution in [2.45, 2.75) is 65.1 Å². The minimum Gasteiger partial charge on any atom is -0.529 e. The van der Waals surface area contributed by atoms with Gasteiger partial charge in [-0.2, -0.15) is 0 Å².